The lowest BCUT2D eigenvalue weighted by atomic mass is 9.76. The number of ether oxygens (including phenoxy) is 14. The fraction of sp³-hybridized carbons (Fsp3) is 0.725. The third-order valence-corrected chi connectivity index (χ3v) is 21.5. The first-order chi connectivity index (χ1) is 34.0. The van der Waals surface area contributed by atoms with Crippen LogP contribution < -0.4 is 9.47 Å². The van der Waals surface area contributed by atoms with E-state index in [0.717, 1.165) is 0 Å². The standard InChI is InChI=1S/C51H68O21Si/c1-21-16-28-35(39(55)37-36(40(28)59-13)29(17-30(38(37)54)72-73(14,15)46(8,9)10)66-33-19-47(11,57)43(22(2)61-33)65-27(7)53)41-34(21)42-44-51(68-41,48(20-60-48)50(69-42,70-44)25(5)58-12)67-32-18-31(64-26(6)52)49(23(3)62-32)24(4)63-45(56)71-49/h16,22-25,29-33,42-44,55,57H,17-20H2,1-15H3/t22?,23?,24-,25?,29-,30-,31?,32?,33?,42?,43?,44?,47?,48+,49?,50?,51+/m0/s1. The Bertz CT molecular complexity index is 2640. The average molecular weight is 1050 g/mol. The van der Waals surface area contributed by atoms with Gasteiger partial charge in [-0.25, -0.2) is 4.79 Å². The number of aliphatic hydroxyl groups is 1. The van der Waals surface area contributed by atoms with Gasteiger partial charge >= 0.3 is 18.1 Å². The van der Waals surface area contributed by atoms with Gasteiger partial charge in [0.05, 0.1) is 36.9 Å². The van der Waals surface area contributed by atoms with E-state index >= 15 is 4.79 Å². The van der Waals surface area contributed by atoms with Gasteiger partial charge in [0, 0.05) is 56.7 Å². The SMILES string of the molecule is COc1c2c(c(O)c3c4c(c(C)cc13)C1OC3(C(C)OC)OC1[C@@](OC1CC(OC(C)=O)C5(OC(=O)O[C@H]5C)C(C)O1)(O4)[C@@]31CO1)C(=O)[C@@H](O[Si](C)(C)C(C)(C)C)C[C@@H]2OC1CC(C)(O)C(OC(C)=O)C(C)O1. The topological polar surface area (TPSA) is 250 Å². The highest BCUT2D eigenvalue weighted by atomic mass is 28.4. The molecular formula is C51H68O21Si. The first-order valence-corrected chi connectivity index (χ1v) is 27.9. The van der Waals surface area contributed by atoms with Crippen molar-refractivity contribution in [1.29, 1.82) is 0 Å². The van der Waals surface area contributed by atoms with Crippen LogP contribution in [0.3, 0.4) is 0 Å². The summed E-state index contributed by atoms with van der Waals surface area (Å²) in [5.41, 5.74) is -3.44. The molecule has 7 heterocycles. The number of aromatic hydroxyl groups is 1. The summed E-state index contributed by atoms with van der Waals surface area (Å²) in [5, 5.41) is 24.9. The first-order valence-electron chi connectivity index (χ1n) is 25.0. The van der Waals surface area contributed by atoms with Crippen molar-refractivity contribution < 1.29 is 100 Å². The van der Waals surface area contributed by atoms with Gasteiger partial charge in [0.2, 0.25) is 17.0 Å². The number of aryl methyl sites for hydroxylation is 1. The zero-order chi connectivity index (χ0) is 53.1. The number of epoxide rings is 1. The summed E-state index contributed by atoms with van der Waals surface area (Å²) in [7, 11) is 0.250. The van der Waals surface area contributed by atoms with Crippen molar-refractivity contribution in [2.75, 3.05) is 20.8 Å². The molecule has 2 N–H and O–H groups in total. The largest absolute Gasteiger partial charge is 0.509 e. The summed E-state index contributed by atoms with van der Waals surface area (Å²) in [6, 6.07) is 1.81. The van der Waals surface area contributed by atoms with Gasteiger partial charge in [-0.2, -0.15) is 0 Å². The number of carbonyl (C=O) groups excluding carboxylic acids is 4. The second-order valence-corrected chi connectivity index (χ2v) is 27.4. The molecule has 2 aromatic carbocycles. The number of carbonyl (C=O) groups is 4. The van der Waals surface area contributed by atoms with Crippen LogP contribution in [0, 0.1) is 6.92 Å². The predicted octanol–water partition coefficient (Wildman–Crippen LogP) is 6.15. The highest BCUT2D eigenvalue weighted by Gasteiger charge is 2.93. The van der Waals surface area contributed by atoms with Crippen LogP contribution in [0.4, 0.5) is 4.79 Å². The Balaban J connectivity index is 1.13. The van der Waals surface area contributed by atoms with E-state index in [1.165, 1.54) is 28.1 Å². The van der Waals surface area contributed by atoms with E-state index in [1.54, 1.807) is 34.6 Å². The summed E-state index contributed by atoms with van der Waals surface area (Å²) in [6.45, 7) is 22.8. The Labute approximate surface area is 423 Å². The molecular weight excluding hydrogens is 977 g/mol. The number of fused-ring (bicyclic) bond motifs is 8. The third-order valence-electron chi connectivity index (χ3n) is 17.0. The number of rotatable bonds is 11. The van der Waals surface area contributed by atoms with Crippen molar-refractivity contribution in [3.8, 4) is 17.2 Å². The minimum absolute atomic E-state index is 0.00385. The van der Waals surface area contributed by atoms with Crippen molar-refractivity contribution >= 4 is 43.0 Å². The Morgan fingerprint density at radius 2 is 1.62 bits per heavy atom. The van der Waals surface area contributed by atoms with Gasteiger partial charge < -0.3 is 81.0 Å². The minimum Gasteiger partial charge on any atom is -0.506 e. The summed E-state index contributed by atoms with van der Waals surface area (Å²) >= 11 is 0. The molecule has 22 heteroatoms. The molecule has 73 heavy (non-hydrogen) atoms. The Hall–Kier alpha value is -4.20. The quantitative estimate of drug-likeness (QED) is 0.111. The van der Waals surface area contributed by atoms with Crippen molar-refractivity contribution in [1.82, 2.24) is 0 Å². The second kappa shape index (κ2) is 17.2. The molecule has 0 aromatic heterocycles. The van der Waals surface area contributed by atoms with Crippen LogP contribution in [-0.2, 0) is 70.9 Å². The van der Waals surface area contributed by atoms with Gasteiger partial charge in [0.15, 0.2) is 45.0 Å². The summed E-state index contributed by atoms with van der Waals surface area (Å²) < 4.78 is 96.1. The molecule has 6 saturated heterocycles. The number of phenols is 1. The zero-order valence-corrected chi connectivity index (χ0v) is 45.0. The lowest BCUT2D eigenvalue weighted by molar-refractivity contribution is -0.377. The molecule has 0 saturated carbocycles. The maximum Gasteiger partial charge on any atom is 0.509 e. The molecule has 12 unspecified atom stereocenters. The molecule has 6 fully saturated rings. The van der Waals surface area contributed by atoms with Crippen molar-refractivity contribution in [2.45, 2.75) is 216 Å². The van der Waals surface area contributed by atoms with Gasteiger partial charge in [0.25, 0.3) is 5.79 Å². The van der Waals surface area contributed by atoms with E-state index in [1.807, 2.05) is 26.1 Å². The van der Waals surface area contributed by atoms with Crippen LogP contribution >= 0.6 is 0 Å². The van der Waals surface area contributed by atoms with E-state index in [2.05, 4.69) is 20.8 Å². The number of esters is 2. The molecule has 402 valence electrons. The number of ketones is 1. The maximum atomic E-state index is 15.3. The van der Waals surface area contributed by atoms with Crippen LogP contribution in [-0.4, -0.2) is 153 Å². The lowest BCUT2D eigenvalue weighted by Gasteiger charge is -2.52. The predicted molar refractivity (Wildman–Crippen MR) is 252 cm³/mol. The van der Waals surface area contributed by atoms with Crippen LogP contribution in [0.15, 0.2) is 6.07 Å². The number of hydrogen-bond donors (Lipinski definition) is 2. The summed E-state index contributed by atoms with van der Waals surface area (Å²) in [4.78, 5) is 52.7. The molecule has 7 aliphatic heterocycles. The van der Waals surface area contributed by atoms with Crippen molar-refractivity contribution in [3.63, 3.8) is 0 Å². The van der Waals surface area contributed by atoms with Crippen LogP contribution in [0.2, 0.25) is 18.1 Å². The maximum absolute atomic E-state index is 15.3. The minimum atomic E-state index is -2.71. The van der Waals surface area contributed by atoms with Crippen LogP contribution in [0.1, 0.15) is 128 Å². The molecule has 2 spiro atoms. The van der Waals surface area contributed by atoms with Crippen LogP contribution in [0.25, 0.3) is 10.8 Å². The number of cyclic esters (lactones) is 1. The number of methoxy groups -OCH3 is 2. The molecule has 1 aliphatic carbocycles. The molecule has 2 bridgehead atoms. The van der Waals surface area contributed by atoms with E-state index in [-0.39, 0.29) is 58.9 Å². The Morgan fingerprint density at radius 3 is 2.19 bits per heavy atom. The summed E-state index contributed by atoms with van der Waals surface area (Å²) in [5.74, 6) is -5.51. The highest BCUT2D eigenvalue weighted by molar-refractivity contribution is 6.74. The normalized spacial score (nSPS) is 40.7. The number of hydrogen-bond acceptors (Lipinski definition) is 21. The zero-order valence-electron chi connectivity index (χ0n) is 44.0. The molecule has 0 radical (unpaired) electrons. The molecule has 21 nitrogen and oxygen atoms in total. The number of Topliss-reactive ketones (excluding diaryl/α,β-unsaturated/α-hetero) is 1. The van der Waals surface area contributed by atoms with Gasteiger partial charge in [-0.3, -0.25) is 14.4 Å². The first kappa shape index (κ1) is 52.2. The Kier molecular flexibility index (Phi) is 12.3. The second-order valence-electron chi connectivity index (χ2n) is 22.6. The lowest BCUT2D eigenvalue weighted by Crippen LogP contribution is -2.72. The van der Waals surface area contributed by atoms with E-state index < -0.39 is 140 Å². The van der Waals surface area contributed by atoms with Crippen molar-refractivity contribution in [2.24, 2.45) is 0 Å². The molecule has 10 rings (SSSR count). The Morgan fingerprint density at radius 1 is 0.932 bits per heavy atom. The smallest absolute Gasteiger partial charge is 0.506 e. The summed E-state index contributed by atoms with van der Waals surface area (Å²) in [6.07, 6.45) is -13.2. The van der Waals surface area contributed by atoms with Gasteiger partial charge in [-0.1, -0.05) is 20.8 Å². The van der Waals surface area contributed by atoms with E-state index in [4.69, 9.17) is 70.7 Å². The molecule has 17 atom stereocenters. The van der Waals surface area contributed by atoms with E-state index in [9.17, 15) is 24.6 Å². The van der Waals surface area contributed by atoms with Crippen molar-refractivity contribution in [3.05, 3.63) is 28.3 Å². The van der Waals surface area contributed by atoms with Gasteiger partial charge in [0.1, 0.15) is 53.4 Å². The van der Waals surface area contributed by atoms with Gasteiger partial charge in [-0.05, 0) is 71.3 Å². The monoisotopic (exact) mass is 1040 g/mol. The number of benzene rings is 2. The van der Waals surface area contributed by atoms with Gasteiger partial charge in [-0.15, -0.1) is 0 Å². The van der Waals surface area contributed by atoms with Crippen LogP contribution in [0.5, 0.6) is 17.2 Å². The molecule has 8 aliphatic rings. The fourth-order valence-electron chi connectivity index (χ4n) is 12.4. The van der Waals surface area contributed by atoms with E-state index in [0.29, 0.717) is 16.5 Å². The molecule has 2 aromatic rings. The highest BCUT2D eigenvalue weighted by Crippen LogP contribution is 2.72. The number of phenolic OH excluding ortho intramolecular Hbond substituents is 1. The average Bonchev–Trinajstić information content (AvgIpc) is 3.83. The fourth-order valence-corrected chi connectivity index (χ4v) is 13.7. The third kappa shape index (κ3) is 7.43. The molecule has 0 amide bonds.